The lowest BCUT2D eigenvalue weighted by molar-refractivity contribution is -0.0643. The molecule has 1 aliphatic rings. The zero-order chi connectivity index (χ0) is 17.3. The van der Waals surface area contributed by atoms with Crippen molar-refractivity contribution in [1.29, 1.82) is 0 Å². The van der Waals surface area contributed by atoms with Gasteiger partial charge in [-0.3, -0.25) is 0 Å². The summed E-state index contributed by atoms with van der Waals surface area (Å²) in [5, 5.41) is 33.1. The van der Waals surface area contributed by atoms with Crippen molar-refractivity contribution in [2.75, 3.05) is 25.0 Å². The molecule has 3 rings (SSSR count). The number of aliphatic hydroxyl groups is 3. The van der Waals surface area contributed by atoms with Crippen LogP contribution in [0.2, 0.25) is 0 Å². The summed E-state index contributed by atoms with van der Waals surface area (Å²) < 4.78 is 11.3. The molecule has 0 bridgehead atoms. The van der Waals surface area contributed by atoms with Crippen LogP contribution in [0.15, 0.2) is 17.0 Å². The van der Waals surface area contributed by atoms with Gasteiger partial charge in [0.05, 0.1) is 12.4 Å². The zero-order valence-electron chi connectivity index (χ0n) is 13.3. The maximum Gasteiger partial charge on any atom is 0.194 e. The number of nitrogens with one attached hydrogen (secondary N) is 1. The lowest BCUT2D eigenvalue weighted by Gasteiger charge is -2.25. The monoisotopic (exact) mass is 338 g/mol. The molecule has 24 heavy (non-hydrogen) atoms. The van der Waals surface area contributed by atoms with Gasteiger partial charge in [0.1, 0.15) is 29.7 Å². The summed E-state index contributed by atoms with van der Waals surface area (Å²) in [6.07, 6.45) is 0.420. The van der Waals surface area contributed by atoms with Gasteiger partial charge in [-0.2, -0.15) is 0 Å². The number of anilines is 1. The van der Waals surface area contributed by atoms with Crippen LogP contribution in [0, 0.1) is 0 Å². The third kappa shape index (κ3) is 2.74. The highest BCUT2D eigenvalue weighted by Crippen LogP contribution is 2.45. The van der Waals surface area contributed by atoms with Gasteiger partial charge in [0, 0.05) is 25.3 Å². The first-order valence-electron chi connectivity index (χ1n) is 7.83. The van der Waals surface area contributed by atoms with E-state index in [1.54, 1.807) is 0 Å². The molecule has 0 aliphatic carbocycles. The minimum Gasteiger partial charge on any atom is -0.458 e. The zero-order valence-corrected chi connectivity index (χ0v) is 13.3. The standard InChI is InChI=1S/C15H22N4O5/c1-15(22)12(21)9(2-5-20)24-13(15)8-6-23-11-10(8)18-7-19-14(11)17-4-3-16/h6-7,9,12-13,20-22H,2-5,16H2,1H3,(H,17,18,19)/t9-,12-,13+,15-/m1/s1. The van der Waals surface area contributed by atoms with Gasteiger partial charge in [-0.1, -0.05) is 0 Å². The van der Waals surface area contributed by atoms with Crippen molar-refractivity contribution < 1.29 is 24.5 Å². The third-order valence-corrected chi connectivity index (χ3v) is 4.31. The van der Waals surface area contributed by atoms with Gasteiger partial charge in [-0.05, 0) is 13.3 Å². The summed E-state index contributed by atoms with van der Waals surface area (Å²) in [7, 11) is 0. The molecule has 4 atom stereocenters. The Morgan fingerprint density at radius 3 is 2.92 bits per heavy atom. The number of hydrogen-bond acceptors (Lipinski definition) is 9. The van der Waals surface area contributed by atoms with Gasteiger partial charge in [0.2, 0.25) is 0 Å². The second kappa shape index (κ2) is 6.61. The molecule has 1 fully saturated rings. The highest BCUT2D eigenvalue weighted by atomic mass is 16.5. The van der Waals surface area contributed by atoms with Crippen LogP contribution in [-0.2, 0) is 4.74 Å². The average molecular weight is 338 g/mol. The van der Waals surface area contributed by atoms with Crippen LogP contribution in [-0.4, -0.2) is 62.8 Å². The number of nitrogens with two attached hydrogens (primary N) is 1. The van der Waals surface area contributed by atoms with Gasteiger partial charge < -0.3 is 35.5 Å². The Morgan fingerprint density at radius 1 is 1.42 bits per heavy atom. The second-order valence-electron chi connectivity index (χ2n) is 6.04. The molecule has 1 aliphatic heterocycles. The number of fused-ring (bicyclic) bond motifs is 1. The second-order valence-corrected chi connectivity index (χ2v) is 6.04. The molecule has 9 heteroatoms. The number of rotatable bonds is 6. The summed E-state index contributed by atoms with van der Waals surface area (Å²) in [6.45, 7) is 2.31. The van der Waals surface area contributed by atoms with E-state index < -0.39 is 23.9 Å². The highest BCUT2D eigenvalue weighted by Gasteiger charge is 2.53. The van der Waals surface area contributed by atoms with E-state index in [0.717, 1.165) is 0 Å². The van der Waals surface area contributed by atoms with Crippen LogP contribution in [0.25, 0.3) is 11.1 Å². The minimum atomic E-state index is -1.54. The van der Waals surface area contributed by atoms with Crippen molar-refractivity contribution >= 4 is 16.9 Å². The summed E-state index contributed by atoms with van der Waals surface area (Å²) in [5.41, 5.74) is 5.39. The molecular weight excluding hydrogens is 316 g/mol. The van der Waals surface area contributed by atoms with Gasteiger partial charge in [-0.15, -0.1) is 0 Å². The van der Waals surface area contributed by atoms with Crippen molar-refractivity contribution in [2.24, 2.45) is 5.73 Å². The predicted octanol–water partition coefficient (Wildman–Crippen LogP) is -0.472. The van der Waals surface area contributed by atoms with E-state index in [9.17, 15) is 10.2 Å². The molecule has 0 radical (unpaired) electrons. The molecule has 9 nitrogen and oxygen atoms in total. The number of furan rings is 1. The maximum absolute atomic E-state index is 10.7. The predicted molar refractivity (Wildman–Crippen MR) is 85.3 cm³/mol. The normalized spacial score (nSPS) is 30.1. The topological polar surface area (TPSA) is 147 Å². The SMILES string of the molecule is C[C@@]1(O)[C@H](O)[C@@H](CCO)O[C@H]1c1coc2c(NCCN)ncnc12. The lowest BCUT2D eigenvalue weighted by atomic mass is 9.89. The van der Waals surface area contributed by atoms with Crippen LogP contribution in [0.1, 0.15) is 25.0 Å². The molecular formula is C15H22N4O5. The number of aliphatic hydroxyl groups excluding tert-OH is 2. The van der Waals surface area contributed by atoms with Crippen LogP contribution in [0.5, 0.6) is 0 Å². The molecule has 6 N–H and O–H groups in total. The summed E-state index contributed by atoms with van der Waals surface area (Å²) in [6, 6.07) is 0. The van der Waals surface area contributed by atoms with Crippen molar-refractivity contribution in [3.8, 4) is 0 Å². The minimum absolute atomic E-state index is 0.147. The van der Waals surface area contributed by atoms with Gasteiger partial charge in [0.25, 0.3) is 0 Å². The largest absolute Gasteiger partial charge is 0.458 e. The van der Waals surface area contributed by atoms with E-state index in [4.69, 9.17) is 20.0 Å². The van der Waals surface area contributed by atoms with Crippen LogP contribution in [0.3, 0.4) is 0 Å². The molecule has 0 saturated carbocycles. The van der Waals surface area contributed by atoms with E-state index >= 15 is 0 Å². The Morgan fingerprint density at radius 2 is 2.21 bits per heavy atom. The Kier molecular flexibility index (Phi) is 4.70. The van der Waals surface area contributed by atoms with Crippen molar-refractivity contribution in [3.63, 3.8) is 0 Å². The fraction of sp³-hybridized carbons (Fsp3) is 0.600. The molecule has 0 unspecified atom stereocenters. The molecule has 0 amide bonds. The average Bonchev–Trinajstić information content (AvgIpc) is 3.08. The first-order valence-corrected chi connectivity index (χ1v) is 7.83. The van der Waals surface area contributed by atoms with Crippen LogP contribution in [0.4, 0.5) is 5.82 Å². The van der Waals surface area contributed by atoms with Gasteiger partial charge in [-0.25, -0.2) is 9.97 Å². The first kappa shape index (κ1) is 17.1. The molecule has 132 valence electrons. The molecule has 1 saturated heterocycles. The van der Waals surface area contributed by atoms with Crippen LogP contribution < -0.4 is 11.1 Å². The van der Waals surface area contributed by atoms with Crippen LogP contribution >= 0.6 is 0 Å². The Hall–Kier alpha value is -1.78. The molecule has 2 aromatic heterocycles. The smallest absolute Gasteiger partial charge is 0.194 e. The number of ether oxygens (including phenoxy) is 1. The number of nitrogens with zero attached hydrogens (tertiary/aromatic N) is 2. The van der Waals surface area contributed by atoms with Gasteiger partial charge >= 0.3 is 0 Å². The quantitative estimate of drug-likeness (QED) is 0.471. The molecule has 0 spiro atoms. The summed E-state index contributed by atoms with van der Waals surface area (Å²) in [5.74, 6) is 0.502. The van der Waals surface area contributed by atoms with Gasteiger partial charge in [0.15, 0.2) is 11.4 Å². The maximum atomic E-state index is 10.7. The van der Waals surface area contributed by atoms with E-state index in [2.05, 4.69) is 15.3 Å². The molecule has 2 aromatic rings. The third-order valence-electron chi connectivity index (χ3n) is 4.31. The lowest BCUT2D eigenvalue weighted by Crippen LogP contribution is -2.42. The Labute approximate surface area is 138 Å². The van der Waals surface area contributed by atoms with Crippen molar-refractivity contribution in [1.82, 2.24) is 9.97 Å². The fourth-order valence-electron chi connectivity index (χ4n) is 3.03. The summed E-state index contributed by atoms with van der Waals surface area (Å²) >= 11 is 0. The first-order chi connectivity index (χ1) is 11.5. The van der Waals surface area contributed by atoms with E-state index in [1.165, 1.54) is 19.5 Å². The Balaban J connectivity index is 1.97. The Bertz CT molecular complexity index is 704. The number of aromatic nitrogens is 2. The number of hydrogen-bond donors (Lipinski definition) is 5. The molecule has 0 aromatic carbocycles. The van der Waals surface area contributed by atoms with E-state index in [-0.39, 0.29) is 13.0 Å². The van der Waals surface area contributed by atoms with Crippen molar-refractivity contribution in [3.05, 3.63) is 18.2 Å². The summed E-state index contributed by atoms with van der Waals surface area (Å²) in [4.78, 5) is 8.34. The fourth-order valence-corrected chi connectivity index (χ4v) is 3.03. The van der Waals surface area contributed by atoms with Crippen molar-refractivity contribution in [2.45, 2.75) is 37.3 Å². The molecule has 3 heterocycles. The highest BCUT2D eigenvalue weighted by molar-refractivity contribution is 5.86. The van der Waals surface area contributed by atoms with E-state index in [0.29, 0.717) is 35.6 Å². The van der Waals surface area contributed by atoms with E-state index in [1.807, 2.05) is 0 Å².